The van der Waals surface area contributed by atoms with Crippen molar-refractivity contribution < 1.29 is 9.21 Å². The molecule has 0 radical (unpaired) electrons. The van der Waals surface area contributed by atoms with Crippen LogP contribution in [0.2, 0.25) is 0 Å². The van der Waals surface area contributed by atoms with Crippen molar-refractivity contribution in [1.29, 1.82) is 0 Å². The Kier molecular flexibility index (Phi) is 4.63. The van der Waals surface area contributed by atoms with Gasteiger partial charge in [0.2, 0.25) is 5.91 Å². The van der Waals surface area contributed by atoms with E-state index >= 15 is 0 Å². The molecule has 0 unspecified atom stereocenters. The Morgan fingerprint density at radius 2 is 2.19 bits per heavy atom. The van der Waals surface area contributed by atoms with Crippen LogP contribution >= 0.6 is 23.1 Å². The average molecular weight is 383 g/mol. The molecule has 0 atom stereocenters. The Balaban J connectivity index is 1.37. The van der Waals surface area contributed by atoms with E-state index in [-0.39, 0.29) is 11.7 Å². The summed E-state index contributed by atoms with van der Waals surface area (Å²) in [7, 11) is 0. The van der Waals surface area contributed by atoms with Crippen LogP contribution in [-0.2, 0) is 4.79 Å². The summed E-state index contributed by atoms with van der Waals surface area (Å²) in [5.74, 6) is 0.303. The van der Waals surface area contributed by atoms with E-state index in [1.807, 2.05) is 31.2 Å². The first-order valence-corrected chi connectivity index (χ1v) is 9.52. The van der Waals surface area contributed by atoms with Gasteiger partial charge < -0.3 is 9.73 Å². The standard InChI is InChI=1S/C17H13N5O2S2/c1-10-5-6-11-13(8-10)26-16(19-11)20-14(23)9-25-17-22-21-15(24-17)12-4-2-3-7-18-12/h2-8H,9H2,1H3,(H,19,20,23). The number of benzene rings is 1. The number of amides is 1. The molecular weight excluding hydrogens is 370 g/mol. The maximum Gasteiger partial charge on any atom is 0.277 e. The smallest absolute Gasteiger partial charge is 0.277 e. The summed E-state index contributed by atoms with van der Waals surface area (Å²) < 4.78 is 6.56. The number of anilines is 1. The molecule has 1 N–H and O–H groups in total. The van der Waals surface area contributed by atoms with Crippen LogP contribution in [0.15, 0.2) is 52.2 Å². The lowest BCUT2D eigenvalue weighted by atomic mass is 10.2. The number of hydrogen-bond acceptors (Lipinski definition) is 8. The van der Waals surface area contributed by atoms with Gasteiger partial charge in [0.15, 0.2) is 5.13 Å². The summed E-state index contributed by atoms with van der Waals surface area (Å²) in [6, 6.07) is 11.4. The van der Waals surface area contributed by atoms with E-state index in [1.54, 1.807) is 12.3 Å². The van der Waals surface area contributed by atoms with E-state index in [0.29, 0.717) is 21.9 Å². The second kappa shape index (κ2) is 7.22. The molecule has 3 heterocycles. The van der Waals surface area contributed by atoms with Crippen molar-refractivity contribution in [3.8, 4) is 11.6 Å². The minimum absolute atomic E-state index is 0.152. The molecule has 0 saturated carbocycles. The first-order valence-electron chi connectivity index (χ1n) is 7.72. The van der Waals surface area contributed by atoms with Crippen molar-refractivity contribution in [3.05, 3.63) is 48.2 Å². The molecular formula is C17H13N5O2S2. The largest absolute Gasteiger partial charge is 0.410 e. The first-order chi connectivity index (χ1) is 12.7. The molecule has 0 bridgehead atoms. The SMILES string of the molecule is Cc1ccc2nc(NC(=O)CSc3nnc(-c4ccccn4)o3)sc2c1. The van der Waals surface area contributed by atoms with Crippen molar-refractivity contribution in [2.75, 3.05) is 11.1 Å². The highest BCUT2D eigenvalue weighted by Gasteiger charge is 2.13. The van der Waals surface area contributed by atoms with Crippen LogP contribution in [-0.4, -0.2) is 31.8 Å². The first kappa shape index (κ1) is 16.7. The molecule has 0 fully saturated rings. The third kappa shape index (κ3) is 3.73. The summed E-state index contributed by atoms with van der Waals surface area (Å²) in [5.41, 5.74) is 2.64. The second-order valence-electron chi connectivity index (χ2n) is 5.42. The molecule has 4 rings (SSSR count). The van der Waals surface area contributed by atoms with Gasteiger partial charge in [-0.15, -0.1) is 10.2 Å². The number of carbonyl (C=O) groups excluding carboxylic acids is 1. The maximum absolute atomic E-state index is 12.1. The molecule has 130 valence electrons. The number of carbonyl (C=O) groups is 1. The van der Waals surface area contributed by atoms with E-state index in [1.165, 1.54) is 23.1 Å². The number of pyridine rings is 1. The van der Waals surface area contributed by atoms with Crippen LogP contribution in [0.1, 0.15) is 5.56 Å². The number of rotatable bonds is 5. The molecule has 9 heteroatoms. The maximum atomic E-state index is 12.1. The molecule has 0 spiro atoms. The van der Waals surface area contributed by atoms with Gasteiger partial charge in [-0.3, -0.25) is 9.78 Å². The Bertz CT molecular complexity index is 1060. The number of aromatic nitrogens is 4. The normalized spacial score (nSPS) is 11.0. The van der Waals surface area contributed by atoms with Gasteiger partial charge in [0.05, 0.1) is 16.0 Å². The molecule has 7 nitrogen and oxygen atoms in total. The van der Waals surface area contributed by atoms with Crippen LogP contribution in [0, 0.1) is 6.92 Å². The summed E-state index contributed by atoms with van der Waals surface area (Å²) in [6.07, 6.45) is 1.65. The van der Waals surface area contributed by atoms with Crippen LogP contribution in [0.4, 0.5) is 5.13 Å². The van der Waals surface area contributed by atoms with Gasteiger partial charge in [-0.25, -0.2) is 4.98 Å². The molecule has 1 amide bonds. The molecule has 0 aliphatic rings. The zero-order chi connectivity index (χ0) is 17.9. The van der Waals surface area contributed by atoms with Gasteiger partial charge in [-0.05, 0) is 36.8 Å². The zero-order valence-corrected chi connectivity index (χ0v) is 15.3. The number of nitrogens with zero attached hydrogens (tertiary/aromatic N) is 4. The summed E-state index contributed by atoms with van der Waals surface area (Å²) in [5, 5.41) is 11.6. The minimum Gasteiger partial charge on any atom is -0.410 e. The van der Waals surface area contributed by atoms with E-state index < -0.39 is 0 Å². The van der Waals surface area contributed by atoms with Crippen LogP contribution < -0.4 is 5.32 Å². The molecule has 1 aromatic carbocycles. The van der Waals surface area contributed by atoms with Gasteiger partial charge in [-0.2, -0.15) is 0 Å². The van der Waals surface area contributed by atoms with Crippen LogP contribution in [0.3, 0.4) is 0 Å². The molecule has 0 aliphatic carbocycles. The third-order valence-electron chi connectivity index (χ3n) is 3.41. The zero-order valence-electron chi connectivity index (χ0n) is 13.7. The van der Waals surface area contributed by atoms with Crippen LogP contribution in [0.25, 0.3) is 21.8 Å². The number of nitrogens with one attached hydrogen (secondary N) is 1. The van der Waals surface area contributed by atoms with Gasteiger partial charge in [0.25, 0.3) is 11.1 Å². The highest BCUT2D eigenvalue weighted by Crippen LogP contribution is 2.27. The predicted molar refractivity (Wildman–Crippen MR) is 101 cm³/mol. The molecule has 3 aromatic heterocycles. The number of thiazole rings is 1. The fraction of sp³-hybridized carbons (Fsp3) is 0.118. The second-order valence-corrected chi connectivity index (χ2v) is 7.37. The van der Waals surface area contributed by atoms with Gasteiger partial charge in [0.1, 0.15) is 5.69 Å². The summed E-state index contributed by atoms with van der Waals surface area (Å²) >= 11 is 2.62. The van der Waals surface area contributed by atoms with Crippen molar-refractivity contribution in [2.24, 2.45) is 0 Å². The highest BCUT2D eigenvalue weighted by atomic mass is 32.2. The van der Waals surface area contributed by atoms with Crippen molar-refractivity contribution >= 4 is 44.4 Å². The van der Waals surface area contributed by atoms with Gasteiger partial charge >= 0.3 is 0 Å². The van der Waals surface area contributed by atoms with Crippen molar-refractivity contribution in [1.82, 2.24) is 20.2 Å². The molecule has 0 aliphatic heterocycles. The lowest BCUT2D eigenvalue weighted by Gasteiger charge is -1.98. The Morgan fingerprint density at radius 1 is 1.27 bits per heavy atom. The highest BCUT2D eigenvalue weighted by molar-refractivity contribution is 7.99. The Labute approximate surface area is 156 Å². The number of fused-ring (bicyclic) bond motifs is 1. The topological polar surface area (TPSA) is 93.8 Å². The van der Waals surface area contributed by atoms with Crippen molar-refractivity contribution in [3.63, 3.8) is 0 Å². The quantitative estimate of drug-likeness (QED) is 0.524. The van der Waals surface area contributed by atoms with Crippen molar-refractivity contribution in [2.45, 2.75) is 12.1 Å². The summed E-state index contributed by atoms with van der Waals surface area (Å²) in [4.78, 5) is 20.7. The van der Waals surface area contributed by atoms with Gasteiger partial charge in [0, 0.05) is 6.20 Å². The molecule has 0 saturated heterocycles. The van der Waals surface area contributed by atoms with Gasteiger partial charge in [-0.1, -0.05) is 35.2 Å². The Hall–Kier alpha value is -2.78. The Morgan fingerprint density at radius 3 is 3.04 bits per heavy atom. The predicted octanol–water partition coefficient (Wildman–Crippen LogP) is 3.78. The number of aryl methyl sites for hydroxylation is 1. The number of thioether (sulfide) groups is 1. The lowest BCUT2D eigenvalue weighted by molar-refractivity contribution is -0.113. The fourth-order valence-corrected chi connectivity index (χ4v) is 3.77. The third-order valence-corrected chi connectivity index (χ3v) is 5.16. The minimum atomic E-state index is -0.177. The van der Waals surface area contributed by atoms with Crippen LogP contribution in [0.5, 0.6) is 0 Å². The van der Waals surface area contributed by atoms with E-state index in [4.69, 9.17) is 4.42 Å². The molecule has 4 aromatic rings. The van der Waals surface area contributed by atoms with E-state index in [2.05, 4.69) is 31.5 Å². The van der Waals surface area contributed by atoms with E-state index in [0.717, 1.165) is 15.8 Å². The monoisotopic (exact) mass is 383 g/mol. The number of hydrogen-bond donors (Lipinski definition) is 1. The average Bonchev–Trinajstić information content (AvgIpc) is 3.27. The summed E-state index contributed by atoms with van der Waals surface area (Å²) in [6.45, 7) is 2.03. The van der Waals surface area contributed by atoms with E-state index in [9.17, 15) is 4.79 Å². The lowest BCUT2D eigenvalue weighted by Crippen LogP contribution is -2.13. The molecule has 26 heavy (non-hydrogen) atoms. The fourth-order valence-electron chi connectivity index (χ4n) is 2.23.